The zero-order valence-electron chi connectivity index (χ0n) is 15.5. The average Bonchev–Trinajstić information content (AvgIpc) is 2.95. The van der Waals surface area contributed by atoms with Crippen LogP contribution in [-0.2, 0) is 6.42 Å². The lowest BCUT2D eigenvalue weighted by atomic mass is 10.1. The number of rotatable bonds is 2. The summed E-state index contributed by atoms with van der Waals surface area (Å²) in [5, 5.41) is 0.631. The largest absolute Gasteiger partial charge is 0.343 e. The van der Waals surface area contributed by atoms with Gasteiger partial charge in [0.25, 0.3) is 5.91 Å². The summed E-state index contributed by atoms with van der Waals surface area (Å²) in [5.74, 6) is -0.270. The number of aryl methyl sites for hydroxylation is 2. The molecule has 0 N–H and O–H groups in total. The van der Waals surface area contributed by atoms with E-state index < -0.39 is 0 Å². The lowest BCUT2D eigenvalue weighted by molar-refractivity contribution is 0.0991. The van der Waals surface area contributed by atoms with Gasteiger partial charge in [0.05, 0.1) is 5.52 Å². The first-order chi connectivity index (χ1) is 12.4. The van der Waals surface area contributed by atoms with E-state index >= 15 is 0 Å². The molecule has 0 unspecified atom stereocenters. The van der Waals surface area contributed by atoms with Crippen molar-refractivity contribution in [2.45, 2.75) is 33.2 Å². The molecule has 2 aromatic carbocycles. The van der Waals surface area contributed by atoms with Gasteiger partial charge in [-0.05, 0) is 62.1 Å². The highest BCUT2D eigenvalue weighted by molar-refractivity contribution is 6.07. The number of hydrogen-bond donors (Lipinski definition) is 0. The first-order valence-corrected chi connectivity index (χ1v) is 8.90. The molecule has 0 saturated carbocycles. The molecule has 2 heterocycles. The third-order valence-electron chi connectivity index (χ3n) is 5.54. The summed E-state index contributed by atoms with van der Waals surface area (Å²) in [6.45, 7) is 6.18. The zero-order chi connectivity index (χ0) is 18.6. The average molecular weight is 346 g/mol. The van der Waals surface area contributed by atoms with Crippen LogP contribution in [0.15, 0.2) is 47.4 Å². The van der Waals surface area contributed by atoms with Crippen molar-refractivity contribution in [3.05, 3.63) is 75.1 Å². The third-order valence-corrected chi connectivity index (χ3v) is 5.54. The van der Waals surface area contributed by atoms with Gasteiger partial charge in [0.1, 0.15) is 5.56 Å². The fraction of sp³-hybridized carbons (Fsp3) is 0.273. The van der Waals surface area contributed by atoms with Crippen molar-refractivity contribution in [1.29, 1.82) is 0 Å². The molecule has 4 rings (SSSR count). The van der Waals surface area contributed by atoms with Crippen LogP contribution in [0.2, 0.25) is 0 Å². The molecule has 1 aromatic heterocycles. The van der Waals surface area contributed by atoms with Gasteiger partial charge < -0.3 is 9.47 Å². The number of carbonyl (C=O) groups is 1. The van der Waals surface area contributed by atoms with Crippen molar-refractivity contribution in [1.82, 2.24) is 4.57 Å². The molecular formula is C22H22N2O2. The third kappa shape index (κ3) is 2.37. The molecule has 0 aliphatic carbocycles. The monoisotopic (exact) mass is 346 g/mol. The number of amides is 1. The molecule has 3 aromatic rings. The molecule has 1 aliphatic heterocycles. The van der Waals surface area contributed by atoms with E-state index in [9.17, 15) is 9.59 Å². The molecule has 26 heavy (non-hydrogen) atoms. The maximum atomic E-state index is 13.1. The number of pyridine rings is 1. The fourth-order valence-electron chi connectivity index (χ4n) is 3.80. The quantitative estimate of drug-likeness (QED) is 0.703. The van der Waals surface area contributed by atoms with Crippen LogP contribution in [0.25, 0.3) is 10.9 Å². The lowest BCUT2D eigenvalue weighted by Gasteiger charge is -2.20. The first kappa shape index (κ1) is 16.6. The normalized spacial score (nSPS) is 15.5. The van der Waals surface area contributed by atoms with Crippen LogP contribution in [0.1, 0.15) is 40.0 Å². The molecule has 0 radical (unpaired) electrons. The second-order valence-electron chi connectivity index (χ2n) is 7.28. The number of benzene rings is 2. The molecular weight excluding hydrogens is 324 g/mol. The zero-order valence-corrected chi connectivity index (χ0v) is 15.5. The maximum Gasteiger partial charge on any atom is 0.263 e. The standard InChI is InChI=1S/C22H22N2O2/c1-13-8-9-17(10-14(13)2)23(4)22(26)19-12-24-15(3)11-16-6-5-7-18(20(16)24)21(19)25/h5-10,12,15H,11H2,1-4H3/t15-/m1/s1. The van der Waals surface area contributed by atoms with E-state index in [0.717, 1.165) is 23.2 Å². The number of nitrogens with zero attached hydrogens (tertiary/aromatic N) is 2. The van der Waals surface area contributed by atoms with Crippen LogP contribution in [0.4, 0.5) is 5.69 Å². The van der Waals surface area contributed by atoms with Crippen LogP contribution < -0.4 is 10.3 Å². The van der Waals surface area contributed by atoms with Crippen LogP contribution >= 0.6 is 0 Å². The van der Waals surface area contributed by atoms with Crippen LogP contribution in [-0.4, -0.2) is 17.5 Å². The topological polar surface area (TPSA) is 42.3 Å². The summed E-state index contributed by atoms with van der Waals surface area (Å²) in [6.07, 6.45) is 2.63. The molecule has 1 aliphatic rings. The van der Waals surface area contributed by atoms with Gasteiger partial charge in [-0.3, -0.25) is 9.59 Å². The minimum atomic E-state index is -0.270. The fourth-order valence-corrected chi connectivity index (χ4v) is 3.80. The SMILES string of the molecule is Cc1ccc(N(C)C(=O)c2cn3c4c(cccc4c2=O)C[C@H]3C)cc1C. The molecule has 4 nitrogen and oxygen atoms in total. The van der Waals surface area contributed by atoms with E-state index in [0.29, 0.717) is 5.39 Å². The predicted octanol–water partition coefficient (Wildman–Crippen LogP) is 4.01. The highest BCUT2D eigenvalue weighted by Gasteiger charge is 2.26. The Labute approximate surface area is 152 Å². The van der Waals surface area contributed by atoms with Gasteiger partial charge in [-0.2, -0.15) is 0 Å². The Morgan fingerprint density at radius 3 is 2.65 bits per heavy atom. The Hall–Kier alpha value is -2.88. The molecule has 0 bridgehead atoms. The molecule has 0 fully saturated rings. The molecule has 0 spiro atoms. The van der Waals surface area contributed by atoms with Gasteiger partial charge in [0, 0.05) is 30.4 Å². The van der Waals surface area contributed by atoms with Crippen molar-refractivity contribution in [3.8, 4) is 0 Å². The van der Waals surface area contributed by atoms with E-state index in [1.165, 1.54) is 11.1 Å². The van der Waals surface area contributed by atoms with E-state index in [4.69, 9.17) is 0 Å². The van der Waals surface area contributed by atoms with Crippen molar-refractivity contribution >= 4 is 22.5 Å². The van der Waals surface area contributed by atoms with Crippen molar-refractivity contribution < 1.29 is 4.79 Å². The van der Waals surface area contributed by atoms with Crippen molar-refractivity contribution in [3.63, 3.8) is 0 Å². The summed E-state index contributed by atoms with van der Waals surface area (Å²) >= 11 is 0. The predicted molar refractivity (Wildman–Crippen MR) is 105 cm³/mol. The Bertz CT molecular complexity index is 1110. The number of aromatic nitrogens is 1. The van der Waals surface area contributed by atoms with E-state index in [-0.39, 0.29) is 22.9 Å². The Morgan fingerprint density at radius 1 is 1.15 bits per heavy atom. The van der Waals surface area contributed by atoms with Gasteiger partial charge >= 0.3 is 0 Å². The van der Waals surface area contributed by atoms with Gasteiger partial charge in [-0.25, -0.2) is 0 Å². The van der Waals surface area contributed by atoms with Crippen LogP contribution in [0.5, 0.6) is 0 Å². The summed E-state index contributed by atoms with van der Waals surface area (Å²) in [4.78, 5) is 27.7. The number of anilines is 1. The molecule has 1 amide bonds. The molecule has 132 valence electrons. The summed E-state index contributed by atoms with van der Waals surface area (Å²) in [6, 6.07) is 11.9. The molecule has 0 saturated heterocycles. The summed E-state index contributed by atoms with van der Waals surface area (Å²) in [7, 11) is 1.72. The number of hydrogen-bond acceptors (Lipinski definition) is 2. The van der Waals surface area contributed by atoms with Crippen molar-refractivity contribution in [2.75, 3.05) is 11.9 Å². The smallest absolute Gasteiger partial charge is 0.263 e. The number of carbonyl (C=O) groups excluding carboxylic acids is 1. The second kappa shape index (κ2) is 5.84. The van der Waals surface area contributed by atoms with E-state index in [1.54, 1.807) is 18.1 Å². The Morgan fingerprint density at radius 2 is 1.92 bits per heavy atom. The number of para-hydroxylation sites is 1. The minimum Gasteiger partial charge on any atom is -0.343 e. The summed E-state index contributed by atoms with van der Waals surface area (Å²) in [5.41, 5.74) is 5.27. The Kier molecular flexibility index (Phi) is 3.72. The van der Waals surface area contributed by atoms with Crippen LogP contribution in [0.3, 0.4) is 0 Å². The van der Waals surface area contributed by atoms with Gasteiger partial charge in [-0.15, -0.1) is 0 Å². The van der Waals surface area contributed by atoms with Crippen LogP contribution in [0, 0.1) is 13.8 Å². The maximum absolute atomic E-state index is 13.1. The van der Waals surface area contributed by atoms with Gasteiger partial charge in [-0.1, -0.05) is 18.2 Å². The molecule has 4 heteroatoms. The van der Waals surface area contributed by atoms with E-state index in [2.05, 4.69) is 17.6 Å². The van der Waals surface area contributed by atoms with Gasteiger partial charge in [0.15, 0.2) is 0 Å². The first-order valence-electron chi connectivity index (χ1n) is 8.90. The molecule has 1 atom stereocenters. The Balaban J connectivity index is 1.85. The highest BCUT2D eigenvalue weighted by atomic mass is 16.2. The van der Waals surface area contributed by atoms with Crippen molar-refractivity contribution in [2.24, 2.45) is 0 Å². The minimum absolute atomic E-state index is 0.187. The lowest BCUT2D eigenvalue weighted by Crippen LogP contribution is -2.31. The summed E-state index contributed by atoms with van der Waals surface area (Å²) < 4.78 is 2.08. The second-order valence-corrected chi connectivity index (χ2v) is 7.28. The van der Waals surface area contributed by atoms with E-state index in [1.807, 2.05) is 44.2 Å². The highest BCUT2D eigenvalue weighted by Crippen LogP contribution is 2.31. The van der Waals surface area contributed by atoms with Gasteiger partial charge in [0.2, 0.25) is 5.43 Å².